The molecule has 8 heteroatoms. The maximum absolute atomic E-state index is 12.0. The molecular formula is C7H13N2O5P. The van der Waals surface area contributed by atoms with Crippen molar-refractivity contribution in [2.75, 3.05) is 19.8 Å². The smallest absolute Gasteiger partial charge is 0.289 e. The van der Waals surface area contributed by atoms with Crippen LogP contribution in [0.1, 0.15) is 13.8 Å². The van der Waals surface area contributed by atoms with E-state index in [-0.39, 0.29) is 19.3 Å². The molecule has 2 fully saturated rings. The van der Waals surface area contributed by atoms with Crippen LogP contribution in [0.3, 0.4) is 0 Å². The zero-order valence-electron chi connectivity index (χ0n) is 8.58. The predicted molar refractivity (Wildman–Crippen MR) is 51.1 cm³/mol. The number of rotatable bonds is 2. The molecular weight excluding hydrogens is 223 g/mol. The van der Waals surface area contributed by atoms with Gasteiger partial charge in [-0.25, -0.2) is 9.24 Å². The molecule has 2 heterocycles. The van der Waals surface area contributed by atoms with Crippen molar-refractivity contribution in [3.8, 4) is 0 Å². The average Bonchev–Trinajstić information content (AvgIpc) is 2.89. The Morgan fingerprint density at radius 1 is 1.53 bits per heavy atom. The molecule has 0 aromatic heterocycles. The van der Waals surface area contributed by atoms with E-state index in [0.29, 0.717) is 6.54 Å². The van der Waals surface area contributed by atoms with Gasteiger partial charge in [0.2, 0.25) is 0 Å². The lowest BCUT2D eigenvalue weighted by Gasteiger charge is -2.30. The van der Waals surface area contributed by atoms with E-state index in [1.54, 1.807) is 4.67 Å². The standard InChI is InChI=1S/C7H13N2O5P/c1-6-3-8(6)15(12)13-4-7(2,5-14-15)9(10)11/h6H,3-5H2,1-2H3. The van der Waals surface area contributed by atoms with E-state index in [1.807, 2.05) is 6.92 Å². The van der Waals surface area contributed by atoms with E-state index >= 15 is 0 Å². The molecule has 7 nitrogen and oxygen atoms in total. The van der Waals surface area contributed by atoms with E-state index in [2.05, 4.69) is 0 Å². The minimum absolute atomic E-state index is 0.166. The van der Waals surface area contributed by atoms with Crippen LogP contribution in [0.25, 0.3) is 0 Å². The van der Waals surface area contributed by atoms with E-state index < -0.39 is 18.2 Å². The molecule has 0 aliphatic carbocycles. The molecule has 0 aromatic carbocycles. The van der Waals surface area contributed by atoms with Crippen molar-refractivity contribution >= 4 is 7.75 Å². The van der Waals surface area contributed by atoms with Gasteiger partial charge in [0.05, 0.1) is 0 Å². The van der Waals surface area contributed by atoms with Crippen LogP contribution in [0.15, 0.2) is 0 Å². The first kappa shape index (κ1) is 11.0. The lowest BCUT2D eigenvalue weighted by atomic mass is 10.1. The lowest BCUT2D eigenvalue weighted by molar-refractivity contribution is -0.573. The van der Waals surface area contributed by atoms with Crippen molar-refractivity contribution in [3.63, 3.8) is 0 Å². The second kappa shape index (κ2) is 3.25. The molecule has 0 spiro atoms. The third kappa shape index (κ3) is 1.80. The van der Waals surface area contributed by atoms with Gasteiger partial charge < -0.3 is 0 Å². The van der Waals surface area contributed by atoms with Gasteiger partial charge in [-0.15, -0.1) is 0 Å². The topological polar surface area (TPSA) is 81.7 Å². The molecule has 2 saturated heterocycles. The molecule has 0 amide bonds. The van der Waals surface area contributed by atoms with Gasteiger partial charge in [0.1, 0.15) is 13.2 Å². The monoisotopic (exact) mass is 236 g/mol. The summed E-state index contributed by atoms with van der Waals surface area (Å²) >= 11 is 0. The summed E-state index contributed by atoms with van der Waals surface area (Å²) in [5.41, 5.74) is -1.28. The van der Waals surface area contributed by atoms with Crippen LogP contribution in [0.4, 0.5) is 0 Å². The summed E-state index contributed by atoms with van der Waals surface area (Å²) in [6, 6.07) is 0.177. The Bertz CT molecular complexity index is 334. The summed E-state index contributed by atoms with van der Waals surface area (Å²) in [4.78, 5) is 10.2. The number of hydrogen-bond donors (Lipinski definition) is 0. The molecule has 0 radical (unpaired) electrons. The number of nitrogens with zero attached hydrogens (tertiary/aromatic N) is 2. The highest BCUT2D eigenvalue weighted by Crippen LogP contribution is 2.60. The highest BCUT2D eigenvalue weighted by Gasteiger charge is 2.55. The van der Waals surface area contributed by atoms with E-state index in [1.165, 1.54) is 6.92 Å². The quantitative estimate of drug-likeness (QED) is 0.306. The van der Waals surface area contributed by atoms with Crippen molar-refractivity contribution in [1.29, 1.82) is 0 Å². The highest BCUT2D eigenvalue weighted by molar-refractivity contribution is 7.51. The maximum atomic E-state index is 12.0. The van der Waals surface area contributed by atoms with Gasteiger partial charge >= 0.3 is 7.75 Å². The molecule has 0 bridgehead atoms. The van der Waals surface area contributed by atoms with Crippen LogP contribution in [0.2, 0.25) is 0 Å². The van der Waals surface area contributed by atoms with E-state index in [4.69, 9.17) is 9.05 Å². The van der Waals surface area contributed by atoms with Gasteiger partial charge in [0.15, 0.2) is 0 Å². The van der Waals surface area contributed by atoms with Crippen molar-refractivity contribution in [2.24, 2.45) is 0 Å². The molecule has 0 N–H and O–H groups in total. The first-order valence-electron chi connectivity index (χ1n) is 4.68. The summed E-state index contributed by atoms with van der Waals surface area (Å²) in [5, 5.41) is 10.7. The zero-order valence-corrected chi connectivity index (χ0v) is 9.48. The molecule has 15 heavy (non-hydrogen) atoms. The van der Waals surface area contributed by atoms with Crippen LogP contribution >= 0.6 is 7.75 Å². The Hall–Kier alpha value is -0.490. The average molecular weight is 236 g/mol. The van der Waals surface area contributed by atoms with Crippen LogP contribution in [0.5, 0.6) is 0 Å². The van der Waals surface area contributed by atoms with Crippen molar-refractivity contribution in [1.82, 2.24) is 4.67 Å². The van der Waals surface area contributed by atoms with Gasteiger partial charge in [0, 0.05) is 24.4 Å². The van der Waals surface area contributed by atoms with Gasteiger partial charge in [-0.1, -0.05) is 0 Å². The second-order valence-corrected chi connectivity index (χ2v) is 6.21. The van der Waals surface area contributed by atoms with E-state index in [0.717, 1.165) is 0 Å². The van der Waals surface area contributed by atoms with Crippen LogP contribution in [-0.2, 0) is 13.6 Å². The molecule has 0 saturated carbocycles. The summed E-state index contributed by atoms with van der Waals surface area (Å²) in [5.74, 6) is 0. The summed E-state index contributed by atoms with van der Waals surface area (Å²) < 4.78 is 23.7. The second-order valence-electron chi connectivity index (χ2n) is 4.24. The fourth-order valence-electron chi connectivity index (χ4n) is 1.34. The normalized spacial score (nSPS) is 50.0. The van der Waals surface area contributed by atoms with Crippen molar-refractivity contribution in [2.45, 2.75) is 25.4 Å². The highest BCUT2D eigenvalue weighted by atomic mass is 31.2. The molecule has 2 rings (SSSR count). The summed E-state index contributed by atoms with van der Waals surface area (Å²) in [6.07, 6.45) is 0. The number of nitro groups is 1. The Kier molecular flexibility index (Phi) is 2.38. The Morgan fingerprint density at radius 3 is 2.33 bits per heavy atom. The fourth-order valence-corrected chi connectivity index (χ4v) is 3.51. The van der Waals surface area contributed by atoms with Gasteiger partial charge in [-0.05, 0) is 6.92 Å². The molecule has 2 unspecified atom stereocenters. The Labute approximate surface area is 87.1 Å². The molecule has 2 atom stereocenters. The minimum Gasteiger partial charge on any atom is -0.289 e. The van der Waals surface area contributed by atoms with Gasteiger partial charge in [-0.3, -0.25) is 19.2 Å². The van der Waals surface area contributed by atoms with Gasteiger partial charge in [-0.2, -0.15) is 0 Å². The minimum atomic E-state index is -3.22. The summed E-state index contributed by atoms with van der Waals surface area (Å²) in [6.45, 7) is 3.64. The fraction of sp³-hybridized carbons (Fsp3) is 1.00. The van der Waals surface area contributed by atoms with Crippen LogP contribution in [-0.4, -0.2) is 40.9 Å². The molecule has 86 valence electrons. The summed E-state index contributed by atoms with van der Waals surface area (Å²) in [7, 11) is -3.22. The van der Waals surface area contributed by atoms with Crippen molar-refractivity contribution in [3.05, 3.63) is 10.1 Å². The Morgan fingerprint density at radius 2 is 2.00 bits per heavy atom. The third-order valence-electron chi connectivity index (χ3n) is 2.66. The lowest BCUT2D eigenvalue weighted by Crippen LogP contribution is -2.47. The molecule has 2 aliphatic heterocycles. The predicted octanol–water partition coefficient (Wildman–Crippen LogP) is 0.881. The first-order valence-corrected chi connectivity index (χ1v) is 6.18. The van der Waals surface area contributed by atoms with E-state index in [9.17, 15) is 14.7 Å². The SMILES string of the molecule is CC1CN1P1(=O)OCC(C)([N+](=O)[O-])CO1. The first-order chi connectivity index (χ1) is 6.87. The largest absolute Gasteiger partial charge is 0.409 e. The Balaban J connectivity index is 2.03. The van der Waals surface area contributed by atoms with Crippen LogP contribution in [0, 0.1) is 10.1 Å². The van der Waals surface area contributed by atoms with Gasteiger partial charge in [0.25, 0.3) is 5.54 Å². The van der Waals surface area contributed by atoms with Crippen molar-refractivity contribution < 1.29 is 18.5 Å². The number of hydrogen-bond acceptors (Lipinski definition) is 5. The zero-order chi connectivity index (χ0) is 11.3. The maximum Gasteiger partial charge on any atom is 0.409 e. The van der Waals surface area contributed by atoms with Crippen LogP contribution < -0.4 is 0 Å². The third-order valence-corrected chi connectivity index (χ3v) is 4.76. The molecule has 2 aliphatic rings. The molecule has 0 aromatic rings.